The molecule has 0 spiro atoms. The summed E-state index contributed by atoms with van der Waals surface area (Å²) in [4.78, 5) is 0. The number of hydrogen-bond acceptors (Lipinski definition) is 2. The van der Waals surface area contributed by atoms with Gasteiger partial charge in [0, 0.05) is 16.1 Å². The summed E-state index contributed by atoms with van der Waals surface area (Å²) in [5, 5.41) is 0.670. The number of halogens is 1. The SMILES string of the molecule is C=C(C)c1cc(Cl)c(COc2ccc3c(c2)CCC(C)(C)C3)cc1OC. The number of methoxy groups -OCH3 is 1. The summed E-state index contributed by atoms with van der Waals surface area (Å²) in [5.41, 5.74) is 6.01. The lowest BCUT2D eigenvalue weighted by molar-refractivity contribution is 0.299. The van der Waals surface area contributed by atoms with Crippen LogP contribution in [-0.2, 0) is 19.4 Å². The van der Waals surface area contributed by atoms with Gasteiger partial charge in [-0.25, -0.2) is 0 Å². The van der Waals surface area contributed by atoms with Crippen LogP contribution in [0.25, 0.3) is 5.57 Å². The van der Waals surface area contributed by atoms with E-state index in [1.807, 2.05) is 19.1 Å². The van der Waals surface area contributed by atoms with E-state index in [4.69, 9.17) is 21.1 Å². The molecule has 1 aliphatic rings. The second-order valence-electron chi connectivity index (χ2n) is 7.98. The van der Waals surface area contributed by atoms with Crippen molar-refractivity contribution in [3.8, 4) is 11.5 Å². The molecule has 0 atom stereocenters. The van der Waals surface area contributed by atoms with Crippen molar-refractivity contribution in [3.63, 3.8) is 0 Å². The van der Waals surface area contributed by atoms with Gasteiger partial charge in [0.05, 0.1) is 7.11 Å². The van der Waals surface area contributed by atoms with Crippen molar-refractivity contribution in [2.24, 2.45) is 5.41 Å². The second kappa shape index (κ2) is 7.36. The fourth-order valence-electron chi connectivity index (χ4n) is 3.54. The third-order valence-corrected chi connectivity index (χ3v) is 5.49. The summed E-state index contributed by atoms with van der Waals surface area (Å²) >= 11 is 6.44. The van der Waals surface area contributed by atoms with Crippen molar-refractivity contribution in [3.05, 3.63) is 64.2 Å². The summed E-state index contributed by atoms with van der Waals surface area (Å²) in [6.45, 7) is 11.0. The van der Waals surface area contributed by atoms with Crippen LogP contribution in [0.4, 0.5) is 0 Å². The molecule has 1 aliphatic carbocycles. The van der Waals surface area contributed by atoms with Crippen LogP contribution in [0.15, 0.2) is 36.9 Å². The van der Waals surface area contributed by atoms with E-state index in [1.165, 1.54) is 17.5 Å². The monoisotopic (exact) mass is 370 g/mol. The zero-order valence-corrected chi connectivity index (χ0v) is 16.9. The van der Waals surface area contributed by atoms with E-state index in [9.17, 15) is 0 Å². The van der Waals surface area contributed by atoms with Gasteiger partial charge in [-0.3, -0.25) is 0 Å². The van der Waals surface area contributed by atoms with Gasteiger partial charge in [-0.05, 0) is 72.6 Å². The summed E-state index contributed by atoms with van der Waals surface area (Å²) in [5.74, 6) is 1.66. The molecular weight excluding hydrogens is 344 g/mol. The van der Waals surface area contributed by atoms with Crippen LogP contribution < -0.4 is 9.47 Å². The molecule has 2 aromatic carbocycles. The first-order chi connectivity index (χ1) is 12.3. The minimum Gasteiger partial charge on any atom is -0.496 e. The van der Waals surface area contributed by atoms with E-state index in [0.717, 1.165) is 41.0 Å². The highest BCUT2D eigenvalue weighted by Crippen LogP contribution is 2.36. The molecule has 138 valence electrons. The first-order valence-corrected chi connectivity index (χ1v) is 9.44. The molecule has 0 aromatic heterocycles. The molecule has 0 radical (unpaired) electrons. The Kier molecular flexibility index (Phi) is 5.34. The largest absolute Gasteiger partial charge is 0.496 e. The number of benzene rings is 2. The number of aryl methyl sites for hydroxylation is 1. The molecule has 0 amide bonds. The van der Waals surface area contributed by atoms with Gasteiger partial charge in [0.2, 0.25) is 0 Å². The Morgan fingerprint density at radius 1 is 1.19 bits per heavy atom. The standard InChI is InChI=1S/C23H27ClO2/c1-15(2)20-12-21(24)18(11-22(20)25-5)14-26-19-7-6-17-13-23(3,4)9-8-16(17)10-19/h6-7,10-12H,1,8-9,13-14H2,2-5H3. The molecule has 0 bridgehead atoms. The molecule has 0 unspecified atom stereocenters. The van der Waals surface area contributed by atoms with Crippen LogP contribution in [-0.4, -0.2) is 7.11 Å². The number of fused-ring (bicyclic) bond motifs is 1. The Labute approximate surface area is 161 Å². The Bertz CT molecular complexity index is 836. The average molecular weight is 371 g/mol. The van der Waals surface area contributed by atoms with Crippen LogP contribution >= 0.6 is 11.6 Å². The van der Waals surface area contributed by atoms with Gasteiger partial charge in [-0.15, -0.1) is 0 Å². The highest BCUT2D eigenvalue weighted by atomic mass is 35.5. The summed E-state index contributed by atoms with van der Waals surface area (Å²) in [6, 6.07) is 10.3. The van der Waals surface area contributed by atoms with E-state index in [1.54, 1.807) is 7.11 Å². The Hall–Kier alpha value is -1.93. The summed E-state index contributed by atoms with van der Waals surface area (Å²) in [7, 11) is 1.66. The van der Waals surface area contributed by atoms with Gasteiger partial charge in [0.15, 0.2) is 0 Å². The molecule has 0 N–H and O–H groups in total. The van der Waals surface area contributed by atoms with Crippen molar-refractivity contribution < 1.29 is 9.47 Å². The van der Waals surface area contributed by atoms with Crippen molar-refractivity contribution >= 4 is 17.2 Å². The van der Waals surface area contributed by atoms with Crippen LogP contribution in [0, 0.1) is 5.41 Å². The number of hydrogen-bond donors (Lipinski definition) is 0. The minimum absolute atomic E-state index is 0.393. The molecule has 0 saturated carbocycles. The average Bonchev–Trinajstić information content (AvgIpc) is 2.59. The second-order valence-corrected chi connectivity index (χ2v) is 8.39. The van der Waals surface area contributed by atoms with Gasteiger partial charge in [0.1, 0.15) is 18.1 Å². The fourth-order valence-corrected chi connectivity index (χ4v) is 3.76. The first kappa shape index (κ1) is 18.8. The molecule has 3 rings (SSSR count). The van der Waals surface area contributed by atoms with E-state index in [0.29, 0.717) is 17.0 Å². The molecule has 0 aliphatic heterocycles. The van der Waals surface area contributed by atoms with E-state index < -0.39 is 0 Å². The summed E-state index contributed by atoms with van der Waals surface area (Å²) < 4.78 is 11.5. The molecule has 2 aromatic rings. The zero-order valence-electron chi connectivity index (χ0n) is 16.1. The van der Waals surface area contributed by atoms with Crippen molar-refractivity contribution in [2.75, 3.05) is 7.11 Å². The van der Waals surface area contributed by atoms with E-state index in [2.05, 4.69) is 38.6 Å². The number of ether oxygens (including phenoxy) is 2. The number of allylic oxidation sites excluding steroid dienone is 1. The van der Waals surface area contributed by atoms with Gasteiger partial charge >= 0.3 is 0 Å². The Balaban J connectivity index is 1.76. The van der Waals surface area contributed by atoms with Gasteiger partial charge < -0.3 is 9.47 Å². The van der Waals surface area contributed by atoms with Crippen LogP contribution in [0.3, 0.4) is 0 Å². The fraction of sp³-hybridized carbons (Fsp3) is 0.391. The maximum atomic E-state index is 6.44. The first-order valence-electron chi connectivity index (χ1n) is 9.06. The van der Waals surface area contributed by atoms with Crippen LogP contribution in [0.2, 0.25) is 5.02 Å². The highest BCUT2D eigenvalue weighted by Gasteiger charge is 2.25. The Morgan fingerprint density at radius 2 is 1.96 bits per heavy atom. The van der Waals surface area contributed by atoms with Gasteiger partial charge in [0.25, 0.3) is 0 Å². The topological polar surface area (TPSA) is 18.5 Å². The molecule has 3 heteroatoms. The van der Waals surface area contributed by atoms with Crippen molar-refractivity contribution in [1.29, 1.82) is 0 Å². The quantitative estimate of drug-likeness (QED) is 0.600. The lowest BCUT2D eigenvalue weighted by Crippen LogP contribution is -2.22. The Morgan fingerprint density at radius 3 is 2.65 bits per heavy atom. The highest BCUT2D eigenvalue weighted by molar-refractivity contribution is 6.31. The van der Waals surface area contributed by atoms with E-state index in [-0.39, 0.29) is 0 Å². The lowest BCUT2D eigenvalue weighted by atomic mass is 9.74. The number of rotatable bonds is 5. The summed E-state index contributed by atoms with van der Waals surface area (Å²) in [6.07, 6.45) is 3.46. The minimum atomic E-state index is 0.393. The predicted molar refractivity (Wildman–Crippen MR) is 109 cm³/mol. The van der Waals surface area contributed by atoms with Gasteiger partial charge in [-0.1, -0.05) is 38.1 Å². The molecule has 0 fully saturated rings. The molecular formula is C23H27ClO2. The zero-order chi connectivity index (χ0) is 18.9. The lowest BCUT2D eigenvalue weighted by Gasteiger charge is -2.31. The smallest absolute Gasteiger partial charge is 0.126 e. The van der Waals surface area contributed by atoms with Crippen LogP contribution in [0.5, 0.6) is 11.5 Å². The van der Waals surface area contributed by atoms with E-state index >= 15 is 0 Å². The van der Waals surface area contributed by atoms with Crippen molar-refractivity contribution in [2.45, 2.75) is 46.6 Å². The predicted octanol–water partition coefficient (Wildman–Crippen LogP) is 6.48. The third-order valence-electron chi connectivity index (χ3n) is 5.14. The molecule has 0 heterocycles. The van der Waals surface area contributed by atoms with Crippen LogP contribution in [0.1, 0.15) is 49.4 Å². The van der Waals surface area contributed by atoms with Crippen molar-refractivity contribution in [1.82, 2.24) is 0 Å². The maximum absolute atomic E-state index is 6.44. The molecule has 0 saturated heterocycles. The maximum Gasteiger partial charge on any atom is 0.126 e. The van der Waals surface area contributed by atoms with Gasteiger partial charge in [-0.2, -0.15) is 0 Å². The normalized spacial score (nSPS) is 15.3. The molecule has 2 nitrogen and oxygen atoms in total. The molecule has 26 heavy (non-hydrogen) atoms. The third kappa shape index (κ3) is 4.07.